The van der Waals surface area contributed by atoms with Crippen LogP contribution in [-0.2, 0) is 9.47 Å². The highest BCUT2D eigenvalue weighted by Crippen LogP contribution is 2.27. The zero-order valence-electron chi connectivity index (χ0n) is 7.10. The normalized spacial score (nSPS) is 17.6. The summed E-state index contributed by atoms with van der Waals surface area (Å²) in [5, 5.41) is 0. The fraction of sp³-hybridized carbons (Fsp3) is 0.333. The molecule has 1 aromatic rings. The smallest absolute Gasteiger partial charge is 0.187 e. The maximum Gasteiger partial charge on any atom is 0.187 e. The Kier molecular flexibility index (Phi) is 2.43. The number of benzene rings is 1. The molecule has 1 fully saturated rings. The Bertz CT molecular complexity index is 348. The van der Waals surface area contributed by atoms with Gasteiger partial charge in [-0.1, -0.05) is 0 Å². The van der Waals surface area contributed by atoms with Crippen LogP contribution in [0.25, 0.3) is 0 Å². The van der Waals surface area contributed by atoms with Crippen LogP contribution in [0.3, 0.4) is 0 Å². The Morgan fingerprint density at radius 1 is 1.07 bits per heavy atom. The molecule has 0 N–H and O–H groups in total. The second kappa shape index (κ2) is 3.59. The first-order valence-corrected chi connectivity index (χ1v) is 4.06. The molecule has 2 nitrogen and oxygen atoms in total. The van der Waals surface area contributed by atoms with Gasteiger partial charge in [0, 0.05) is 11.6 Å². The number of halogens is 3. The molecule has 1 saturated heterocycles. The summed E-state index contributed by atoms with van der Waals surface area (Å²) < 4.78 is 48.5. The van der Waals surface area contributed by atoms with Crippen LogP contribution in [0.2, 0.25) is 0 Å². The molecule has 5 heteroatoms. The van der Waals surface area contributed by atoms with Crippen molar-refractivity contribution in [3.63, 3.8) is 0 Å². The molecule has 0 amide bonds. The van der Waals surface area contributed by atoms with Crippen LogP contribution in [0.1, 0.15) is 11.9 Å². The van der Waals surface area contributed by atoms with Gasteiger partial charge >= 0.3 is 0 Å². The third-order valence-corrected chi connectivity index (χ3v) is 1.90. The predicted octanol–water partition coefficient (Wildman–Crippen LogP) is 2.15. The second-order valence-electron chi connectivity index (χ2n) is 2.86. The van der Waals surface area contributed by atoms with Gasteiger partial charge < -0.3 is 9.47 Å². The summed E-state index contributed by atoms with van der Waals surface area (Å²) in [6, 6.07) is 1.35. The number of hydrogen-bond donors (Lipinski definition) is 0. The van der Waals surface area contributed by atoms with E-state index >= 15 is 0 Å². The van der Waals surface area contributed by atoms with Gasteiger partial charge in [0.25, 0.3) is 0 Å². The zero-order chi connectivity index (χ0) is 10.1. The van der Waals surface area contributed by atoms with Crippen molar-refractivity contribution in [2.75, 3.05) is 13.2 Å². The van der Waals surface area contributed by atoms with Gasteiger partial charge in [0.05, 0.1) is 13.2 Å². The van der Waals surface area contributed by atoms with Crippen LogP contribution in [0.15, 0.2) is 12.1 Å². The first-order valence-electron chi connectivity index (χ1n) is 4.06. The van der Waals surface area contributed by atoms with Crippen LogP contribution in [0, 0.1) is 17.5 Å². The Morgan fingerprint density at radius 3 is 2.36 bits per heavy atom. The molecule has 2 rings (SSSR count). The first-order chi connectivity index (χ1) is 6.68. The molecule has 0 saturated carbocycles. The van der Waals surface area contributed by atoms with Crippen LogP contribution in [0.5, 0.6) is 0 Å². The lowest BCUT2D eigenvalue weighted by atomic mass is 10.2. The van der Waals surface area contributed by atoms with Gasteiger partial charge in [0.1, 0.15) is 5.82 Å². The van der Waals surface area contributed by atoms with Crippen LogP contribution < -0.4 is 0 Å². The predicted molar refractivity (Wildman–Crippen MR) is 41.0 cm³/mol. The minimum Gasteiger partial charge on any atom is -0.346 e. The highest BCUT2D eigenvalue weighted by Gasteiger charge is 2.24. The Morgan fingerprint density at radius 2 is 1.71 bits per heavy atom. The lowest BCUT2D eigenvalue weighted by Crippen LogP contribution is -2.04. The number of rotatable bonds is 1. The molecule has 0 aliphatic carbocycles. The molecule has 0 atom stereocenters. The fourth-order valence-electron chi connectivity index (χ4n) is 1.29. The van der Waals surface area contributed by atoms with Gasteiger partial charge in [-0.05, 0) is 6.07 Å². The highest BCUT2D eigenvalue weighted by molar-refractivity contribution is 5.21. The molecule has 0 radical (unpaired) electrons. The summed E-state index contributed by atoms with van der Waals surface area (Å²) in [6.45, 7) is 0.588. The molecule has 1 heterocycles. The van der Waals surface area contributed by atoms with Crippen molar-refractivity contribution in [2.24, 2.45) is 0 Å². The topological polar surface area (TPSA) is 18.5 Å². The van der Waals surface area contributed by atoms with Gasteiger partial charge in [-0.15, -0.1) is 0 Å². The van der Waals surface area contributed by atoms with Crippen molar-refractivity contribution in [1.82, 2.24) is 0 Å². The summed E-state index contributed by atoms with van der Waals surface area (Å²) in [7, 11) is 0. The largest absolute Gasteiger partial charge is 0.346 e. The van der Waals surface area contributed by atoms with E-state index in [2.05, 4.69) is 0 Å². The Balaban J connectivity index is 2.40. The standard InChI is InChI=1S/C9H7F3O2/c10-5-3-6(8(12)7(11)4-5)9-13-1-2-14-9/h3-4,9H,1-2H2. The minimum absolute atomic E-state index is 0.236. The molecule has 1 aliphatic rings. The van der Waals surface area contributed by atoms with Gasteiger partial charge in [0.15, 0.2) is 17.9 Å². The van der Waals surface area contributed by atoms with E-state index < -0.39 is 23.7 Å². The molecule has 76 valence electrons. The van der Waals surface area contributed by atoms with Gasteiger partial charge in [-0.2, -0.15) is 0 Å². The molecule has 0 aromatic heterocycles. The lowest BCUT2D eigenvalue weighted by molar-refractivity contribution is -0.0470. The summed E-state index contributed by atoms with van der Waals surface area (Å²) in [5.41, 5.74) is -0.236. The average molecular weight is 204 g/mol. The van der Waals surface area contributed by atoms with E-state index in [0.29, 0.717) is 19.3 Å². The summed E-state index contributed by atoms with van der Waals surface area (Å²) in [4.78, 5) is 0. The van der Waals surface area contributed by atoms with Crippen molar-refractivity contribution < 1.29 is 22.6 Å². The fourth-order valence-corrected chi connectivity index (χ4v) is 1.29. The van der Waals surface area contributed by atoms with E-state index in [1.807, 2.05) is 0 Å². The van der Waals surface area contributed by atoms with E-state index in [9.17, 15) is 13.2 Å². The maximum atomic E-state index is 13.1. The Hall–Kier alpha value is -1.07. The molecular formula is C9H7F3O2. The molecule has 0 bridgehead atoms. The number of hydrogen-bond acceptors (Lipinski definition) is 2. The van der Waals surface area contributed by atoms with Crippen LogP contribution in [0.4, 0.5) is 13.2 Å². The quantitative estimate of drug-likeness (QED) is 0.652. The molecule has 0 spiro atoms. The average Bonchev–Trinajstić information content (AvgIpc) is 2.63. The van der Waals surface area contributed by atoms with Crippen LogP contribution in [-0.4, -0.2) is 13.2 Å². The van der Waals surface area contributed by atoms with E-state index in [-0.39, 0.29) is 5.56 Å². The van der Waals surface area contributed by atoms with Gasteiger partial charge in [-0.3, -0.25) is 0 Å². The van der Waals surface area contributed by atoms with E-state index in [4.69, 9.17) is 9.47 Å². The maximum absolute atomic E-state index is 13.1. The van der Waals surface area contributed by atoms with Crippen molar-refractivity contribution in [1.29, 1.82) is 0 Å². The molecule has 1 aliphatic heterocycles. The summed E-state index contributed by atoms with van der Waals surface area (Å²) in [6.07, 6.45) is -1.000. The SMILES string of the molecule is Fc1cc(F)c(F)c(C2OCCO2)c1. The third kappa shape index (κ3) is 1.60. The van der Waals surface area contributed by atoms with E-state index in [0.717, 1.165) is 6.07 Å². The summed E-state index contributed by atoms with van der Waals surface area (Å²) in [5.74, 6) is -3.21. The number of ether oxygens (including phenoxy) is 2. The monoisotopic (exact) mass is 204 g/mol. The first kappa shape index (κ1) is 9.48. The molecule has 0 unspecified atom stereocenters. The zero-order valence-corrected chi connectivity index (χ0v) is 7.10. The van der Waals surface area contributed by atoms with Crippen molar-refractivity contribution >= 4 is 0 Å². The van der Waals surface area contributed by atoms with Gasteiger partial charge in [0.2, 0.25) is 0 Å². The molecule has 14 heavy (non-hydrogen) atoms. The van der Waals surface area contributed by atoms with Crippen LogP contribution >= 0.6 is 0 Å². The Labute approximate surface area is 78.2 Å². The lowest BCUT2D eigenvalue weighted by Gasteiger charge is -2.10. The van der Waals surface area contributed by atoms with Gasteiger partial charge in [-0.25, -0.2) is 13.2 Å². The van der Waals surface area contributed by atoms with Crippen molar-refractivity contribution in [3.8, 4) is 0 Å². The third-order valence-electron chi connectivity index (χ3n) is 1.90. The highest BCUT2D eigenvalue weighted by atomic mass is 19.2. The molecule has 1 aromatic carbocycles. The summed E-state index contributed by atoms with van der Waals surface area (Å²) >= 11 is 0. The van der Waals surface area contributed by atoms with Crippen molar-refractivity contribution in [2.45, 2.75) is 6.29 Å². The van der Waals surface area contributed by atoms with E-state index in [1.54, 1.807) is 0 Å². The molecular weight excluding hydrogens is 197 g/mol. The van der Waals surface area contributed by atoms with E-state index in [1.165, 1.54) is 0 Å². The van der Waals surface area contributed by atoms with Crippen molar-refractivity contribution in [3.05, 3.63) is 35.1 Å². The minimum atomic E-state index is -1.24. The second-order valence-corrected chi connectivity index (χ2v) is 2.86.